The first-order chi connectivity index (χ1) is 11.5. The number of thiophene rings is 1. The summed E-state index contributed by atoms with van der Waals surface area (Å²) in [5, 5.41) is 1.65. The third kappa shape index (κ3) is 3.67. The van der Waals surface area contributed by atoms with Gasteiger partial charge in [-0.15, -0.1) is 11.3 Å². The molecule has 24 heavy (non-hydrogen) atoms. The summed E-state index contributed by atoms with van der Waals surface area (Å²) in [7, 11) is -3.87. The van der Waals surface area contributed by atoms with Gasteiger partial charge in [-0.25, -0.2) is 12.8 Å². The van der Waals surface area contributed by atoms with E-state index in [1.54, 1.807) is 0 Å². The molecular weight excluding hydrogens is 369 g/mol. The predicted octanol–water partition coefficient (Wildman–Crippen LogP) is 4.61. The van der Waals surface area contributed by atoms with Crippen molar-refractivity contribution in [2.45, 2.75) is 10.9 Å². The Labute approximate surface area is 148 Å². The first kappa shape index (κ1) is 17.1. The molecule has 2 aromatic carbocycles. The molecule has 0 spiro atoms. The van der Waals surface area contributed by atoms with Crippen molar-refractivity contribution in [3.63, 3.8) is 0 Å². The Morgan fingerprint density at radius 2 is 1.79 bits per heavy atom. The number of hydrogen-bond donors (Lipinski definition) is 1. The van der Waals surface area contributed by atoms with Crippen molar-refractivity contribution in [1.82, 2.24) is 4.72 Å². The molecule has 1 heterocycles. The van der Waals surface area contributed by atoms with Gasteiger partial charge in [0.25, 0.3) is 0 Å². The normalized spacial score (nSPS) is 12.9. The van der Waals surface area contributed by atoms with Gasteiger partial charge in [0.1, 0.15) is 5.82 Å². The lowest BCUT2D eigenvalue weighted by Crippen LogP contribution is -2.29. The molecule has 3 aromatic rings. The molecule has 0 radical (unpaired) electrons. The number of halogens is 2. The zero-order chi connectivity index (χ0) is 17.2. The molecule has 0 aliphatic rings. The highest BCUT2D eigenvalue weighted by Crippen LogP contribution is 2.28. The van der Waals surface area contributed by atoms with E-state index in [2.05, 4.69) is 4.72 Å². The van der Waals surface area contributed by atoms with Crippen LogP contribution in [0.25, 0.3) is 0 Å². The fraction of sp³-hybridized carbons (Fsp3) is 0.0588. The van der Waals surface area contributed by atoms with E-state index in [9.17, 15) is 12.8 Å². The lowest BCUT2D eigenvalue weighted by Gasteiger charge is -2.18. The molecular formula is C17H13ClFNO2S2. The minimum Gasteiger partial charge on any atom is -0.207 e. The highest BCUT2D eigenvalue weighted by molar-refractivity contribution is 7.89. The van der Waals surface area contributed by atoms with E-state index >= 15 is 0 Å². The van der Waals surface area contributed by atoms with Crippen molar-refractivity contribution in [2.24, 2.45) is 0 Å². The van der Waals surface area contributed by atoms with Crippen molar-refractivity contribution >= 4 is 33.0 Å². The second kappa shape index (κ2) is 7.03. The first-order valence-electron chi connectivity index (χ1n) is 7.03. The summed E-state index contributed by atoms with van der Waals surface area (Å²) < 4.78 is 41.3. The predicted molar refractivity (Wildman–Crippen MR) is 94.3 cm³/mol. The van der Waals surface area contributed by atoms with E-state index in [0.29, 0.717) is 0 Å². The highest BCUT2D eigenvalue weighted by atomic mass is 35.5. The van der Waals surface area contributed by atoms with Gasteiger partial charge in [0, 0.05) is 4.88 Å². The van der Waals surface area contributed by atoms with E-state index in [4.69, 9.17) is 11.6 Å². The van der Waals surface area contributed by atoms with Crippen LogP contribution in [0.15, 0.2) is 70.9 Å². The smallest absolute Gasteiger partial charge is 0.207 e. The molecule has 1 atom stereocenters. The Morgan fingerprint density at radius 3 is 2.42 bits per heavy atom. The molecule has 0 aliphatic heterocycles. The summed E-state index contributed by atoms with van der Waals surface area (Å²) in [6, 6.07) is 15.8. The molecule has 0 fully saturated rings. The number of rotatable bonds is 5. The fourth-order valence-corrected chi connectivity index (χ4v) is 4.61. The van der Waals surface area contributed by atoms with Crippen molar-refractivity contribution in [3.05, 3.63) is 87.3 Å². The van der Waals surface area contributed by atoms with E-state index < -0.39 is 21.9 Å². The molecule has 3 rings (SSSR count). The number of nitrogens with one attached hydrogen (secondary N) is 1. The van der Waals surface area contributed by atoms with E-state index in [0.717, 1.165) is 22.6 Å². The molecule has 1 N–H and O–H groups in total. The van der Waals surface area contributed by atoms with Crippen molar-refractivity contribution in [2.75, 3.05) is 0 Å². The van der Waals surface area contributed by atoms with E-state index in [-0.39, 0.29) is 9.92 Å². The highest BCUT2D eigenvalue weighted by Gasteiger charge is 2.24. The molecule has 0 unspecified atom stereocenters. The summed E-state index contributed by atoms with van der Waals surface area (Å²) in [6.45, 7) is 0. The average molecular weight is 382 g/mol. The molecule has 0 aliphatic carbocycles. The van der Waals surface area contributed by atoms with E-state index in [1.165, 1.54) is 17.4 Å². The summed E-state index contributed by atoms with van der Waals surface area (Å²) in [4.78, 5) is 0.782. The van der Waals surface area contributed by atoms with Gasteiger partial charge < -0.3 is 0 Å². The summed E-state index contributed by atoms with van der Waals surface area (Å²) in [5.41, 5.74) is 0.816. The minimum absolute atomic E-state index is 0.0774. The quantitative estimate of drug-likeness (QED) is 0.701. The maximum absolute atomic E-state index is 13.3. The van der Waals surface area contributed by atoms with Crippen LogP contribution >= 0.6 is 22.9 Å². The third-order valence-corrected chi connectivity index (χ3v) is 6.08. The van der Waals surface area contributed by atoms with Gasteiger partial charge in [-0.3, -0.25) is 0 Å². The van der Waals surface area contributed by atoms with Crippen LogP contribution in [0, 0.1) is 5.82 Å². The number of sulfonamides is 1. The largest absolute Gasteiger partial charge is 0.241 e. The van der Waals surface area contributed by atoms with Gasteiger partial charge in [-0.2, -0.15) is 4.72 Å². The molecule has 0 saturated heterocycles. The van der Waals surface area contributed by atoms with E-state index in [1.807, 2.05) is 47.8 Å². The second-order valence-corrected chi connectivity index (χ2v) is 8.16. The van der Waals surface area contributed by atoms with Gasteiger partial charge in [0.05, 0.1) is 16.0 Å². The minimum atomic E-state index is -3.87. The summed E-state index contributed by atoms with van der Waals surface area (Å²) in [5.74, 6) is -0.659. The van der Waals surface area contributed by atoms with Crippen LogP contribution in [0.1, 0.15) is 16.5 Å². The summed E-state index contributed by atoms with van der Waals surface area (Å²) >= 11 is 7.16. The van der Waals surface area contributed by atoms with Crippen molar-refractivity contribution in [3.8, 4) is 0 Å². The summed E-state index contributed by atoms with van der Waals surface area (Å²) in [6.07, 6.45) is 0. The zero-order valence-electron chi connectivity index (χ0n) is 12.3. The van der Waals surface area contributed by atoms with Crippen LogP contribution in [0.5, 0.6) is 0 Å². The van der Waals surface area contributed by atoms with Crippen LogP contribution in [0.3, 0.4) is 0 Å². The molecule has 0 bridgehead atoms. The zero-order valence-corrected chi connectivity index (χ0v) is 14.7. The second-order valence-electron chi connectivity index (χ2n) is 5.06. The first-order valence-corrected chi connectivity index (χ1v) is 9.77. The fourth-order valence-electron chi connectivity index (χ4n) is 2.26. The maximum Gasteiger partial charge on any atom is 0.241 e. The molecule has 3 nitrogen and oxygen atoms in total. The van der Waals surface area contributed by atoms with Gasteiger partial charge in [0.15, 0.2) is 0 Å². The Kier molecular flexibility index (Phi) is 5.01. The molecule has 7 heteroatoms. The van der Waals surface area contributed by atoms with Crippen molar-refractivity contribution in [1.29, 1.82) is 0 Å². The maximum atomic E-state index is 13.3. The lowest BCUT2D eigenvalue weighted by atomic mass is 10.1. The Morgan fingerprint density at radius 1 is 1.04 bits per heavy atom. The molecule has 1 aromatic heterocycles. The monoisotopic (exact) mass is 381 g/mol. The third-order valence-electron chi connectivity index (χ3n) is 3.43. The molecule has 0 amide bonds. The van der Waals surface area contributed by atoms with Crippen LogP contribution in [-0.2, 0) is 10.0 Å². The topological polar surface area (TPSA) is 46.2 Å². The van der Waals surface area contributed by atoms with Crippen LogP contribution in [0.4, 0.5) is 4.39 Å². The Bertz CT molecular complexity index is 928. The SMILES string of the molecule is O=S(=O)(N[C@@H](c1ccccc1)c1cccs1)c1ccc(F)c(Cl)c1. The molecule has 124 valence electrons. The average Bonchev–Trinajstić information content (AvgIpc) is 3.10. The standard InChI is InChI=1S/C17H13ClFNO2S2/c18-14-11-13(8-9-15(14)19)24(21,22)20-17(16-7-4-10-23-16)12-5-2-1-3-6-12/h1-11,17,20H/t17-/m0/s1. The number of benzene rings is 2. The molecule has 0 saturated carbocycles. The van der Waals surface area contributed by atoms with Crippen molar-refractivity contribution < 1.29 is 12.8 Å². The van der Waals surface area contributed by atoms with Crippen LogP contribution < -0.4 is 4.72 Å². The van der Waals surface area contributed by atoms with Crippen LogP contribution in [-0.4, -0.2) is 8.42 Å². The Hall–Kier alpha value is -1.73. The number of hydrogen-bond acceptors (Lipinski definition) is 3. The van der Waals surface area contributed by atoms with Gasteiger partial charge in [-0.1, -0.05) is 48.0 Å². The van der Waals surface area contributed by atoms with Gasteiger partial charge in [0.2, 0.25) is 10.0 Å². The Balaban J connectivity index is 1.99. The van der Waals surface area contributed by atoms with Crippen LogP contribution in [0.2, 0.25) is 5.02 Å². The van der Waals surface area contributed by atoms with Gasteiger partial charge >= 0.3 is 0 Å². The lowest BCUT2D eigenvalue weighted by molar-refractivity contribution is 0.572. The van der Waals surface area contributed by atoms with Gasteiger partial charge in [-0.05, 0) is 35.2 Å².